The van der Waals surface area contributed by atoms with Gasteiger partial charge in [-0.2, -0.15) is 0 Å². The Morgan fingerprint density at radius 3 is 3.00 bits per heavy atom. The lowest BCUT2D eigenvalue weighted by Crippen LogP contribution is -2.14. The predicted molar refractivity (Wildman–Crippen MR) is 110 cm³/mol. The molecule has 4 aromatic rings. The number of benzene rings is 1. The highest BCUT2D eigenvalue weighted by molar-refractivity contribution is 7.13. The lowest BCUT2D eigenvalue weighted by Gasteiger charge is -2.04. The van der Waals surface area contributed by atoms with Gasteiger partial charge >= 0.3 is 0 Å². The van der Waals surface area contributed by atoms with Crippen LogP contribution in [0.4, 0.5) is 10.1 Å². The molecule has 0 atom stereocenters. The fraction of sp³-hybridized carbons (Fsp3) is 0.150. The minimum absolute atomic E-state index is 0.0327. The van der Waals surface area contributed by atoms with E-state index in [1.165, 1.54) is 29.5 Å². The van der Waals surface area contributed by atoms with Crippen LogP contribution in [-0.2, 0) is 17.8 Å². The second kappa shape index (κ2) is 7.69. The summed E-state index contributed by atoms with van der Waals surface area (Å²) in [5.41, 5.74) is 3.05. The van der Waals surface area contributed by atoms with Crippen molar-refractivity contribution in [3.63, 3.8) is 0 Å². The molecule has 8 heteroatoms. The first kappa shape index (κ1) is 18.6. The van der Waals surface area contributed by atoms with Crippen molar-refractivity contribution in [1.29, 1.82) is 0 Å². The molecule has 4 rings (SSSR count). The van der Waals surface area contributed by atoms with Crippen molar-refractivity contribution in [3.05, 3.63) is 64.6 Å². The lowest BCUT2D eigenvalue weighted by atomic mass is 10.2. The molecule has 1 N–H and O–H groups in total. The summed E-state index contributed by atoms with van der Waals surface area (Å²) in [6, 6.07) is 8.00. The van der Waals surface area contributed by atoms with Gasteiger partial charge in [0.2, 0.25) is 5.91 Å². The fourth-order valence-corrected chi connectivity index (χ4v) is 4.01. The molecule has 0 spiro atoms. The molecule has 0 radical (unpaired) electrons. The van der Waals surface area contributed by atoms with Crippen LogP contribution in [-0.4, -0.2) is 20.4 Å². The Morgan fingerprint density at radius 1 is 1.36 bits per heavy atom. The summed E-state index contributed by atoms with van der Waals surface area (Å²) in [6.07, 6.45) is 3.94. The predicted octanol–water partition coefficient (Wildman–Crippen LogP) is 5.15. The standard InChI is InChI=1S/C20H16ClFN4OS/c1-2-26-10-15(14-4-3-7-23-19(14)26)20-25-13(11-28-20)9-18(27)24-12-5-6-17(22)16(21)8-12/h3-8,10-11H,2,9H2,1H3,(H,24,27). The van der Waals surface area contributed by atoms with Gasteiger partial charge in [0.15, 0.2) is 0 Å². The Kier molecular flexibility index (Phi) is 5.11. The second-order valence-electron chi connectivity index (χ2n) is 6.20. The zero-order valence-electron chi connectivity index (χ0n) is 14.9. The van der Waals surface area contributed by atoms with E-state index in [1.807, 2.05) is 23.7 Å². The van der Waals surface area contributed by atoms with Crippen LogP contribution in [0.15, 0.2) is 48.1 Å². The molecule has 0 bridgehead atoms. The van der Waals surface area contributed by atoms with E-state index in [1.54, 1.807) is 6.20 Å². The van der Waals surface area contributed by atoms with Crippen LogP contribution in [0.2, 0.25) is 5.02 Å². The van der Waals surface area contributed by atoms with Crippen LogP contribution in [0.5, 0.6) is 0 Å². The van der Waals surface area contributed by atoms with Crippen molar-refractivity contribution in [1.82, 2.24) is 14.5 Å². The van der Waals surface area contributed by atoms with E-state index >= 15 is 0 Å². The molecule has 3 heterocycles. The molecular formula is C20H16ClFN4OS. The average Bonchev–Trinajstić information content (AvgIpc) is 3.29. The highest BCUT2D eigenvalue weighted by Crippen LogP contribution is 2.32. The van der Waals surface area contributed by atoms with Gasteiger partial charge in [0.05, 0.1) is 17.1 Å². The summed E-state index contributed by atoms with van der Waals surface area (Å²) in [6.45, 7) is 2.88. The largest absolute Gasteiger partial charge is 0.332 e. The zero-order chi connectivity index (χ0) is 19.7. The first-order valence-electron chi connectivity index (χ1n) is 8.68. The average molecular weight is 415 g/mol. The monoisotopic (exact) mass is 414 g/mol. The van der Waals surface area contributed by atoms with E-state index in [4.69, 9.17) is 11.6 Å². The normalized spacial score (nSPS) is 11.1. The zero-order valence-corrected chi connectivity index (χ0v) is 16.5. The second-order valence-corrected chi connectivity index (χ2v) is 7.47. The summed E-state index contributed by atoms with van der Waals surface area (Å²) in [5, 5.41) is 6.43. The van der Waals surface area contributed by atoms with Crippen LogP contribution < -0.4 is 5.32 Å². The van der Waals surface area contributed by atoms with Crippen LogP contribution in [0.1, 0.15) is 12.6 Å². The summed E-state index contributed by atoms with van der Waals surface area (Å²) in [7, 11) is 0. The molecule has 0 fully saturated rings. The summed E-state index contributed by atoms with van der Waals surface area (Å²) >= 11 is 7.24. The molecule has 0 saturated heterocycles. The summed E-state index contributed by atoms with van der Waals surface area (Å²) in [5.74, 6) is -0.762. The molecule has 3 aromatic heterocycles. The molecule has 28 heavy (non-hydrogen) atoms. The van der Waals surface area contributed by atoms with Crippen LogP contribution in [0.25, 0.3) is 21.6 Å². The first-order chi connectivity index (χ1) is 13.5. The molecule has 5 nitrogen and oxygen atoms in total. The number of hydrogen-bond donors (Lipinski definition) is 1. The third kappa shape index (κ3) is 3.63. The van der Waals surface area contributed by atoms with Gasteiger partial charge in [-0.1, -0.05) is 11.6 Å². The van der Waals surface area contributed by atoms with Crippen molar-refractivity contribution in [2.75, 3.05) is 5.32 Å². The molecule has 0 aliphatic carbocycles. The SMILES string of the molecule is CCn1cc(-c2nc(CC(=O)Nc3ccc(F)c(Cl)c3)cs2)c2cccnc21. The number of nitrogens with one attached hydrogen (secondary N) is 1. The van der Waals surface area contributed by atoms with Gasteiger partial charge in [-0.3, -0.25) is 4.79 Å². The Hall–Kier alpha value is -2.77. The number of amides is 1. The first-order valence-corrected chi connectivity index (χ1v) is 9.94. The molecule has 0 unspecified atom stereocenters. The number of carbonyl (C=O) groups is 1. The molecule has 0 saturated carbocycles. The topological polar surface area (TPSA) is 59.8 Å². The van der Waals surface area contributed by atoms with Crippen molar-refractivity contribution >= 4 is 45.6 Å². The molecule has 0 aliphatic rings. The Balaban J connectivity index is 1.53. The van der Waals surface area contributed by atoms with Crippen molar-refractivity contribution in [2.24, 2.45) is 0 Å². The van der Waals surface area contributed by atoms with Gasteiger partial charge in [-0.05, 0) is 37.3 Å². The number of nitrogens with zero attached hydrogens (tertiary/aromatic N) is 3. The van der Waals surface area contributed by atoms with Crippen LogP contribution in [0, 0.1) is 5.82 Å². The lowest BCUT2D eigenvalue weighted by molar-refractivity contribution is -0.115. The smallest absolute Gasteiger partial charge is 0.230 e. The Bertz CT molecular complexity index is 1170. The van der Waals surface area contributed by atoms with Gasteiger partial charge in [0, 0.05) is 41.0 Å². The Morgan fingerprint density at radius 2 is 2.21 bits per heavy atom. The molecule has 1 aromatic carbocycles. The number of hydrogen-bond acceptors (Lipinski definition) is 4. The third-order valence-electron chi connectivity index (χ3n) is 4.30. The van der Waals surface area contributed by atoms with E-state index in [0.717, 1.165) is 28.1 Å². The van der Waals surface area contributed by atoms with Gasteiger partial charge in [-0.25, -0.2) is 14.4 Å². The number of halogens is 2. The van der Waals surface area contributed by atoms with E-state index in [-0.39, 0.29) is 17.4 Å². The number of pyridine rings is 1. The number of fused-ring (bicyclic) bond motifs is 1. The maximum Gasteiger partial charge on any atom is 0.230 e. The van der Waals surface area contributed by atoms with Crippen molar-refractivity contribution in [3.8, 4) is 10.6 Å². The van der Waals surface area contributed by atoms with Gasteiger partial charge in [0.1, 0.15) is 16.5 Å². The Labute approximate surface area is 169 Å². The number of aromatic nitrogens is 3. The highest BCUT2D eigenvalue weighted by Gasteiger charge is 2.15. The maximum atomic E-state index is 13.2. The number of anilines is 1. The van der Waals surface area contributed by atoms with Crippen molar-refractivity contribution < 1.29 is 9.18 Å². The molecule has 1 amide bonds. The summed E-state index contributed by atoms with van der Waals surface area (Å²) in [4.78, 5) is 21.4. The minimum Gasteiger partial charge on any atom is -0.332 e. The number of aryl methyl sites for hydroxylation is 1. The van der Waals surface area contributed by atoms with Gasteiger partial charge in [-0.15, -0.1) is 11.3 Å². The molecule has 0 aliphatic heterocycles. The van der Waals surface area contributed by atoms with E-state index in [2.05, 4.69) is 26.8 Å². The maximum absolute atomic E-state index is 13.2. The number of carbonyl (C=O) groups excluding carboxylic acids is 1. The number of thiazole rings is 1. The van der Waals surface area contributed by atoms with E-state index in [0.29, 0.717) is 11.4 Å². The molecule has 142 valence electrons. The highest BCUT2D eigenvalue weighted by atomic mass is 35.5. The number of rotatable bonds is 5. The fourth-order valence-electron chi connectivity index (χ4n) is 2.99. The quantitative estimate of drug-likeness (QED) is 0.491. The van der Waals surface area contributed by atoms with Crippen LogP contribution >= 0.6 is 22.9 Å². The van der Waals surface area contributed by atoms with E-state index < -0.39 is 5.82 Å². The van der Waals surface area contributed by atoms with Gasteiger partial charge < -0.3 is 9.88 Å². The minimum atomic E-state index is -0.524. The van der Waals surface area contributed by atoms with E-state index in [9.17, 15) is 9.18 Å². The van der Waals surface area contributed by atoms with Crippen molar-refractivity contribution in [2.45, 2.75) is 19.9 Å². The summed E-state index contributed by atoms with van der Waals surface area (Å²) < 4.78 is 15.3. The van der Waals surface area contributed by atoms with Gasteiger partial charge in [0.25, 0.3) is 0 Å². The third-order valence-corrected chi connectivity index (χ3v) is 5.52. The van der Waals surface area contributed by atoms with Crippen LogP contribution in [0.3, 0.4) is 0 Å². The molecular weight excluding hydrogens is 399 g/mol.